The third-order valence-electron chi connectivity index (χ3n) is 4.00. The Balaban J connectivity index is 2.17. The largest absolute Gasteiger partial charge is 0.398 e. The van der Waals surface area contributed by atoms with Gasteiger partial charge >= 0.3 is 0 Å². The van der Waals surface area contributed by atoms with E-state index in [9.17, 15) is 0 Å². The Kier molecular flexibility index (Phi) is 3.19. The van der Waals surface area contributed by atoms with Crippen LogP contribution in [0.25, 0.3) is 10.8 Å². The van der Waals surface area contributed by atoms with E-state index < -0.39 is 0 Å². The third-order valence-corrected chi connectivity index (χ3v) is 4.00. The minimum atomic E-state index is 0.293. The molecule has 0 fully saturated rings. The van der Waals surface area contributed by atoms with Crippen LogP contribution in [0.2, 0.25) is 0 Å². The summed E-state index contributed by atoms with van der Waals surface area (Å²) < 4.78 is 0. The minimum Gasteiger partial charge on any atom is -0.398 e. The van der Waals surface area contributed by atoms with Crippen molar-refractivity contribution < 1.29 is 0 Å². The van der Waals surface area contributed by atoms with Gasteiger partial charge in [0, 0.05) is 11.6 Å². The molecule has 3 aromatic rings. The molecule has 0 aliphatic heterocycles. The molecule has 1 atom stereocenters. The van der Waals surface area contributed by atoms with E-state index in [1.165, 1.54) is 27.5 Å². The van der Waals surface area contributed by atoms with Crippen molar-refractivity contribution in [3.8, 4) is 0 Å². The van der Waals surface area contributed by atoms with E-state index in [1.54, 1.807) is 0 Å². The topological polar surface area (TPSA) is 26.0 Å². The Labute approximate surface area is 120 Å². The van der Waals surface area contributed by atoms with Crippen molar-refractivity contribution in [3.05, 3.63) is 77.4 Å². The van der Waals surface area contributed by atoms with Gasteiger partial charge in [0.2, 0.25) is 0 Å². The van der Waals surface area contributed by atoms with Gasteiger partial charge in [0.05, 0.1) is 0 Å². The van der Waals surface area contributed by atoms with Crippen molar-refractivity contribution in [1.29, 1.82) is 0 Å². The van der Waals surface area contributed by atoms with E-state index in [1.807, 2.05) is 6.07 Å². The second-order valence-electron chi connectivity index (χ2n) is 5.42. The van der Waals surface area contributed by atoms with E-state index in [0.717, 1.165) is 5.69 Å². The second kappa shape index (κ2) is 5.01. The highest BCUT2D eigenvalue weighted by atomic mass is 14.6. The molecule has 1 nitrogen and oxygen atoms in total. The fraction of sp³-hybridized carbons (Fsp3) is 0.158. The minimum absolute atomic E-state index is 0.293. The molecule has 0 heterocycles. The highest BCUT2D eigenvalue weighted by Crippen LogP contribution is 2.33. The first kappa shape index (κ1) is 12.7. The summed E-state index contributed by atoms with van der Waals surface area (Å²) >= 11 is 0. The lowest BCUT2D eigenvalue weighted by molar-refractivity contribution is 0.934. The zero-order valence-corrected chi connectivity index (χ0v) is 11.9. The molecule has 3 rings (SSSR count). The predicted octanol–water partition coefficient (Wildman–Crippen LogP) is 4.88. The van der Waals surface area contributed by atoms with Gasteiger partial charge in [-0.15, -0.1) is 0 Å². The summed E-state index contributed by atoms with van der Waals surface area (Å²) in [7, 11) is 0. The molecule has 0 aliphatic carbocycles. The summed E-state index contributed by atoms with van der Waals surface area (Å²) in [6.07, 6.45) is 0. The molecular weight excluding hydrogens is 242 g/mol. The summed E-state index contributed by atoms with van der Waals surface area (Å²) in [6.45, 7) is 4.34. The first-order chi connectivity index (χ1) is 9.66. The van der Waals surface area contributed by atoms with Crippen LogP contribution in [0.1, 0.15) is 29.5 Å². The summed E-state index contributed by atoms with van der Waals surface area (Å²) in [5.74, 6) is 0.293. The number of fused-ring (bicyclic) bond motifs is 1. The molecular formula is C19H19N. The van der Waals surface area contributed by atoms with E-state index in [2.05, 4.69) is 68.4 Å². The fourth-order valence-electron chi connectivity index (χ4n) is 2.86. The first-order valence-corrected chi connectivity index (χ1v) is 7.00. The molecule has 2 N–H and O–H groups in total. The van der Waals surface area contributed by atoms with Gasteiger partial charge in [0.1, 0.15) is 0 Å². The molecule has 0 aromatic heterocycles. The van der Waals surface area contributed by atoms with Crippen LogP contribution in [0, 0.1) is 6.92 Å². The summed E-state index contributed by atoms with van der Waals surface area (Å²) in [6, 6.07) is 21.3. The van der Waals surface area contributed by atoms with Crippen LogP contribution in [-0.2, 0) is 0 Å². The van der Waals surface area contributed by atoms with Gasteiger partial charge in [-0.2, -0.15) is 0 Å². The van der Waals surface area contributed by atoms with Crippen LogP contribution in [-0.4, -0.2) is 0 Å². The maximum atomic E-state index is 6.17. The molecule has 0 amide bonds. The lowest BCUT2D eigenvalue weighted by Gasteiger charge is -2.18. The van der Waals surface area contributed by atoms with E-state index in [-0.39, 0.29) is 0 Å². The average molecular weight is 261 g/mol. The Morgan fingerprint density at radius 2 is 1.60 bits per heavy atom. The average Bonchev–Trinajstić information content (AvgIpc) is 2.48. The van der Waals surface area contributed by atoms with E-state index >= 15 is 0 Å². The second-order valence-corrected chi connectivity index (χ2v) is 5.42. The Hall–Kier alpha value is -2.28. The molecule has 0 bridgehead atoms. The highest BCUT2D eigenvalue weighted by Gasteiger charge is 2.14. The van der Waals surface area contributed by atoms with Gasteiger partial charge in [-0.1, -0.05) is 67.1 Å². The number of nitrogen functional groups attached to an aromatic ring is 1. The fourth-order valence-corrected chi connectivity index (χ4v) is 2.86. The highest BCUT2D eigenvalue weighted by molar-refractivity contribution is 5.86. The van der Waals surface area contributed by atoms with Gasteiger partial charge < -0.3 is 5.73 Å². The number of benzene rings is 3. The zero-order valence-electron chi connectivity index (χ0n) is 11.9. The van der Waals surface area contributed by atoms with Crippen molar-refractivity contribution in [2.24, 2.45) is 0 Å². The predicted molar refractivity (Wildman–Crippen MR) is 87.1 cm³/mol. The van der Waals surface area contributed by atoms with Crippen molar-refractivity contribution in [3.63, 3.8) is 0 Å². The molecule has 20 heavy (non-hydrogen) atoms. The standard InChI is InChI=1S/C19H19N/c1-13-10-11-19(20)18(12-13)14(2)16-9-5-7-15-6-3-4-8-17(15)16/h3-12,14H,20H2,1-2H3. The lowest BCUT2D eigenvalue weighted by Crippen LogP contribution is -2.02. The smallest absolute Gasteiger partial charge is 0.0352 e. The first-order valence-electron chi connectivity index (χ1n) is 7.00. The maximum absolute atomic E-state index is 6.17. The lowest BCUT2D eigenvalue weighted by atomic mass is 9.88. The van der Waals surface area contributed by atoms with Gasteiger partial charge in [-0.25, -0.2) is 0 Å². The van der Waals surface area contributed by atoms with Crippen LogP contribution in [0.4, 0.5) is 5.69 Å². The number of rotatable bonds is 2. The number of aryl methyl sites for hydroxylation is 1. The third kappa shape index (κ3) is 2.16. The molecule has 0 saturated heterocycles. The van der Waals surface area contributed by atoms with Gasteiger partial charge in [0.15, 0.2) is 0 Å². The number of anilines is 1. The molecule has 1 heteroatoms. The number of hydrogen-bond donors (Lipinski definition) is 1. The van der Waals surface area contributed by atoms with Crippen LogP contribution in [0.15, 0.2) is 60.7 Å². The SMILES string of the molecule is Cc1ccc(N)c(C(C)c2cccc3ccccc23)c1. The van der Waals surface area contributed by atoms with Crippen LogP contribution >= 0.6 is 0 Å². The maximum Gasteiger partial charge on any atom is 0.0352 e. The quantitative estimate of drug-likeness (QED) is 0.653. The zero-order chi connectivity index (χ0) is 14.1. The van der Waals surface area contributed by atoms with Crippen LogP contribution in [0.3, 0.4) is 0 Å². The molecule has 0 radical (unpaired) electrons. The van der Waals surface area contributed by atoms with E-state index in [0.29, 0.717) is 5.92 Å². The van der Waals surface area contributed by atoms with Gasteiger partial charge in [-0.3, -0.25) is 0 Å². The molecule has 3 aromatic carbocycles. The van der Waals surface area contributed by atoms with Gasteiger partial charge in [-0.05, 0) is 34.9 Å². The summed E-state index contributed by atoms with van der Waals surface area (Å²) in [5, 5.41) is 2.59. The van der Waals surface area contributed by atoms with Crippen molar-refractivity contribution in [1.82, 2.24) is 0 Å². The Morgan fingerprint density at radius 1 is 0.850 bits per heavy atom. The summed E-state index contributed by atoms with van der Waals surface area (Å²) in [5.41, 5.74) is 10.8. The summed E-state index contributed by atoms with van der Waals surface area (Å²) in [4.78, 5) is 0. The van der Waals surface area contributed by atoms with Crippen LogP contribution in [0.5, 0.6) is 0 Å². The van der Waals surface area contributed by atoms with E-state index in [4.69, 9.17) is 5.73 Å². The van der Waals surface area contributed by atoms with Gasteiger partial charge in [0.25, 0.3) is 0 Å². The monoisotopic (exact) mass is 261 g/mol. The van der Waals surface area contributed by atoms with Crippen LogP contribution < -0.4 is 5.73 Å². The number of hydrogen-bond acceptors (Lipinski definition) is 1. The Morgan fingerprint density at radius 3 is 2.45 bits per heavy atom. The molecule has 100 valence electrons. The van der Waals surface area contributed by atoms with Crippen molar-refractivity contribution in [2.75, 3.05) is 5.73 Å². The molecule has 0 aliphatic rings. The molecule has 0 spiro atoms. The molecule has 1 unspecified atom stereocenters. The van der Waals surface area contributed by atoms with Crippen molar-refractivity contribution in [2.45, 2.75) is 19.8 Å². The normalized spacial score (nSPS) is 12.5. The molecule has 0 saturated carbocycles. The van der Waals surface area contributed by atoms with Crippen molar-refractivity contribution >= 4 is 16.5 Å². The number of nitrogens with two attached hydrogens (primary N) is 1. The Bertz CT molecular complexity index is 753.